The fraction of sp³-hybridized carbons (Fsp3) is 0.462. The summed E-state index contributed by atoms with van der Waals surface area (Å²) >= 11 is 0. The van der Waals surface area contributed by atoms with Crippen LogP contribution in [0.5, 0.6) is 0 Å². The fourth-order valence-corrected chi connectivity index (χ4v) is 1.83. The van der Waals surface area contributed by atoms with Crippen LogP contribution in [0, 0.1) is 5.92 Å². The summed E-state index contributed by atoms with van der Waals surface area (Å²) < 4.78 is 10.7. The first-order valence-electron chi connectivity index (χ1n) is 6.19. The summed E-state index contributed by atoms with van der Waals surface area (Å²) in [5.41, 5.74) is 0. The second-order valence-electron chi connectivity index (χ2n) is 4.58. The molecule has 1 unspecified atom stereocenters. The van der Waals surface area contributed by atoms with Crippen molar-refractivity contribution >= 4 is 5.97 Å². The lowest BCUT2D eigenvalue weighted by Gasteiger charge is -2.03. The van der Waals surface area contributed by atoms with Gasteiger partial charge in [-0.15, -0.1) is 10.2 Å². The van der Waals surface area contributed by atoms with E-state index in [1.807, 2.05) is 19.1 Å². The first-order valence-corrected chi connectivity index (χ1v) is 6.19. The molecule has 0 saturated heterocycles. The van der Waals surface area contributed by atoms with Crippen LogP contribution in [0.4, 0.5) is 0 Å². The van der Waals surface area contributed by atoms with Crippen molar-refractivity contribution in [3.63, 3.8) is 0 Å². The van der Waals surface area contributed by atoms with E-state index in [4.69, 9.17) is 13.9 Å². The van der Waals surface area contributed by atoms with Crippen molar-refractivity contribution in [3.8, 4) is 0 Å². The molecule has 6 nitrogen and oxygen atoms in total. The molecule has 1 atom stereocenters. The molecule has 0 spiro atoms. The number of hydrogen-bond donors (Lipinski definition) is 1. The Bertz CT molecular complexity index is 518. The van der Waals surface area contributed by atoms with Crippen molar-refractivity contribution < 1.29 is 18.7 Å². The van der Waals surface area contributed by atoms with Gasteiger partial charge >= 0.3 is 5.97 Å². The van der Waals surface area contributed by atoms with Crippen LogP contribution in [0.15, 0.2) is 27.2 Å². The minimum atomic E-state index is -0.815. The van der Waals surface area contributed by atoms with E-state index >= 15 is 0 Å². The fourth-order valence-electron chi connectivity index (χ4n) is 1.83. The van der Waals surface area contributed by atoms with Crippen LogP contribution >= 0.6 is 0 Å². The number of nitrogens with zero attached hydrogens (tertiary/aromatic N) is 2. The molecule has 1 N–H and O–H groups in total. The average Bonchev–Trinajstić information content (AvgIpc) is 2.95. The number of aromatic nitrogens is 2. The van der Waals surface area contributed by atoms with Gasteiger partial charge in [0.2, 0.25) is 11.8 Å². The van der Waals surface area contributed by atoms with E-state index in [0.717, 1.165) is 5.76 Å². The molecular formula is C13H16N2O4. The van der Waals surface area contributed by atoms with E-state index in [9.17, 15) is 4.79 Å². The van der Waals surface area contributed by atoms with Gasteiger partial charge in [-0.05, 0) is 18.1 Å². The van der Waals surface area contributed by atoms with Gasteiger partial charge in [-0.2, -0.15) is 0 Å². The summed E-state index contributed by atoms with van der Waals surface area (Å²) in [5.74, 6) is 1.08. The molecule has 2 aromatic heterocycles. The van der Waals surface area contributed by atoms with Gasteiger partial charge in [-0.3, -0.25) is 4.79 Å². The van der Waals surface area contributed by atoms with Gasteiger partial charge in [-0.1, -0.05) is 6.92 Å². The topological polar surface area (TPSA) is 89.4 Å². The van der Waals surface area contributed by atoms with Crippen molar-refractivity contribution in [2.75, 3.05) is 0 Å². The van der Waals surface area contributed by atoms with E-state index < -0.39 is 5.97 Å². The number of rotatable bonds is 7. The third-order valence-electron chi connectivity index (χ3n) is 2.72. The van der Waals surface area contributed by atoms with Gasteiger partial charge < -0.3 is 13.9 Å². The van der Waals surface area contributed by atoms with Crippen LogP contribution in [0.25, 0.3) is 0 Å². The highest BCUT2D eigenvalue weighted by molar-refractivity contribution is 5.66. The first-order chi connectivity index (χ1) is 9.13. The van der Waals surface area contributed by atoms with Gasteiger partial charge in [0.05, 0.1) is 6.26 Å². The molecule has 0 fully saturated rings. The molecule has 0 bridgehead atoms. The molecule has 6 heteroatoms. The van der Waals surface area contributed by atoms with E-state index in [0.29, 0.717) is 31.0 Å². The maximum atomic E-state index is 10.6. The van der Waals surface area contributed by atoms with Gasteiger partial charge in [0.15, 0.2) is 0 Å². The van der Waals surface area contributed by atoms with Crippen molar-refractivity contribution in [1.82, 2.24) is 10.2 Å². The standard InChI is InChI=1S/C13H16N2O4/c1-9(8-13(16)17)7-12-15-14-11(19-12)5-4-10-3-2-6-18-10/h2-3,6,9H,4-5,7-8H2,1H3,(H,16,17). The third-order valence-corrected chi connectivity index (χ3v) is 2.72. The number of aryl methyl sites for hydroxylation is 2. The zero-order chi connectivity index (χ0) is 13.7. The van der Waals surface area contributed by atoms with Crippen LogP contribution in [-0.2, 0) is 24.1 Å². The number of carboxylic acid groups (broad SMARTS) is 1. The van der Waals surface area contributed by atoms with E-state index in [1.54, 1.807) is 6.26 Å². The van der Waals surface area contributed by atoms with Crippen molar-refractivity contribution in [2.24, 2.45) is 5.92 Å². The molecule has 0 aliphatic carbocycles. The summed E-state index contributed by atoms with van der Waals surface area (Å²) in [6, 6.07) is 3.73. The van der Waals surface area contributed by atoms with Crippen LogP contribution in [0.3, 0.4) is 0 Å². The molecule has 0 aliphatic heterocycles. The molecule has 0 radical (unpaired) electrons. The first kappa shape index (κ1) is 13.3. The zero-order valence-electron chi connectivity index (χ0n) is 10.7. The summed E-state index contributed by atoms with van der Waals surface area (Å²) in [7, 11) is 0. The van der Waals surface area contributed by atoms with Gasteiger partial charge in [0, 0.05) is 25.7 Å². The highest BCUT2D eigenvalue weighted by Crippen LogP contribution is 2.12. The molecule has 2 rings (SSSR count). The van der Waals surface area contributed by atoms with Crippen LogP contribution in [0.1, 0.15) is 30.9 Å². The van der Waals surface area contributed by atoms with Crippen molar-refractivity contribution in [3.05, 3.63) is 35.9 Å². The second-order valence-corrected chi connectivity index (χ2v) is 4.58. The van der Waals surface area contributed by atoms with Crippen molar-refractivity contribution in [2.45, 2.75) is 32.6 Å². The smallest absolute Gasteiger partial charge is 0.303 e. The minimum absolute atomic E-state index is 0.0177. The molecule has 2 aromatic rings. The third kappa shape index (κ3) is 4.24. The Kier molecular flexibility index (Phi) is 4.33. The van der Waals surface area contributed by atoms with Crippen LogP contribution < -0.4 is 0 Å². The normalized spacial score (nSPS) is 12.5. The summed E-state index contributed by atoms with van der Waals surface area (Å²) in [6.07, 6.45) is 3.54. The summed E-state index contributed by atoms with van der Waals surface area (Å²) in [5, 5.41) is 16.5. The lowest BCUT2D eigenvalue weighted by atomic mass is 10.0. The number of carbonyl (C=O) groups is 1. The van der Waals surface area contributed by atoms with E-state index in [2.05, 4.69) is 10.2 Å². The quantitative estimate of drug-likeness (QED) is 0.823. The Morgan fingerprint density at radius 2 is 2.16 bits per heavy atom. The molecule has 0 amide bonds. The lowest BCUT2D eigenvalue weighted by Crippen LogP contribution is -2.07. The highest BCUT2D eigenvalue weighted by Gasteiger charge is 2.13. The molecule has 0 aliphatic rings. The van der Waals surface area contributed by atoms with E-state index in [-0.39, 0.29) is 12.3 Å². The monoisotopic (exact) mass is 264 g/mol. The molecule has 0 aromatic carbocycles. The van der Waals surface area contributed by atoms with E-state index in [1.165, 1.54) is 0 Å². The molecule has 2 heterocycles. The van der Waals surface area contributed by atoms with Gasteiger partial charge in [-0.25, -0.2) is 0 Å². The maximum absolute atomic E-state index is 10.6. The number of aliphatic carboxylic acids is 1. The molecule has 19 heavy (non-hydrogen) atoms. The Labute approximate surface area is 110 Å². The molecule has 0 saturated carbocycles. The second kappa shape index (κ2) is 6.17. The Hall–Kier alpha value is -2.11. The average molecular weight is 264 g/mol. The zero-order valence-corrected chi connectivity index (χ0v) is 10.7. The van der Waals surface area contributed by atoms with Gasteiger partial charge in [0.25, 0.3) is 0 Å². The minimum Gasteiger partial charge on any atom is -0.481 e. The summed E-state index contributed by atoms with van der Waals surface area (Å²) in [6.45, 7) is 1.85. The van der Waals surface area contributed by atoms with Gasteiger partial charge in [0.1, 0.15) is 5.76 Å². The summed E-state index contributed by atoms with van der Waals surface area (Å²) in [4.78, 5) is 10.6. The SMILES string of the molecule is CC(CC(=O)O)Cc1nnc(CCc2ccco2)o1. The number of furan rings is 1. The predicted molar refractivity (Wildman–Crippen MR) is 65.5 cm³/mol. The largest absolute Gasteiger partial charge is 0.481 e. The molecule has 102 valence electrons. The lowest BCUT2D eigenvalue weighted by molar-refractivity contribution is -0.137. The predicted octanol–water partition coefficient (Wildman–Crippen LogP) is 2.10. The Morgan fingerprint density at radius 1 is 1.37 bits per heavy atom. The number of carboxylic acids is 1. The highest BCUT2D eigenvalue weighted by atomic mass is 16.4. The van der Waals surface area contributed by atoms with Crippen LogP contribution in [-0.4, -0.2) is 21.3 Å². The maximum Gasteiger partial charge on any atom is 0.303 e. The van der Waals surface area contributed by atoms with Crippen molar-refractivity contribution in [1.29, 1.82) is 0 Å². The Balaban J connectivity index is 1.83. The number of hydrogen-bond acceptors (Lipinski definition) is 5. The van der Waals surface area contributed by atoms with Crippen LogP contribution in [0.2, 0.25) is 0 Å². The molecular weight excluding hydrogens is 248 g/mol. The Morgan fingerprint density at radius 3 is 2.84 bits per heavy atom.